The van der Waals surface area contributed by atoms with E-state index in [1.54, 1.807) is 0 Å². The van der Waals surface area contributed by atoms with Gasteiger partial charge in [-0.2, -0.15) is 0 Å². The molecule has 4 nitrogen and oxygen atoms in total. The van der Waals surface area contributed by atoms with E-state index in [9.17, 15) is 4.79 Å². The van der Waals surface area contributed by atoms with Crippen molar-refractivity contribution in [1.82, 2.24) is 14.7 Å². The fourth-order valence-corrected chi connectivity index (χ4v) is 6.34. The second-order valence-electron chi connectivity index (χ2n) is 11.3. The van der Waals surface area contributed by atoms with E-state index in [2.05, 4.69) is 91.4 Å². The van der Waals surface area contributed by atoms with Crippen molar-refractivity contribution in [3.63, 3.8) is 0 Å². The van der Waals surface area contributed by atoms with Crippen molar-refractivity contribution in [2.75, 3.05) is 32.7 Å². The first-order valence-electron chi connectivity index (χ1n) is 14.4. The number of rotatable bonds is 7. The van der Waals surface area contributed by atoms with Gasteiger partial charge in [-0.15, -0.1) is 0 Å². The van der Waals surface area contributed by atoms with Crippen LogP contribution in [0.3, 0.4) is 0 Å². The Morgan fingerprint density at radius 3 is 2.32 bits per heavy atom. The molecule has 5 rings (SSSR count). The number of amides is 2. The first kappa shape index (κ1) is 25.6. The minimum absolute atomic E-state index is 0.215. The van der Waals surface area contributed by atoms with Gasteiger partial charge in [0.25, 0.3) is 0 Å². The molecular weight excluding hydrogens is 454 g/mol. The monoisotopic (exact) mass is 497 g/mol. The van der Waals surface area contributed by atoms with Gasteiger partial charge in [0.05, 0.1) is 0 Å². The largest absolute Gasteiger partial charge is 0.374 e. The Morgan fingerprint density at radius 2 is 1.65 bits per heavy atom. The number of carbonyl (C=O) groups is 1. The highest BCUT2D eigenvalue weighted by molar-refractivity contribution is 5.76. The Kier molecular flexibility index (Phi) is 8.02. The smallest absolute Gasteiger partial charge is 0.324 e. The molecule has 0 spiro atoms. The van der Waals surface area contributed by atoms with E-state index in [-0.39, 0.29) is 6.03 Å². The van der Waals surface area contributed by atoms with Crippen LogP contribution in [0, 0.1) is 18.8 Å². The molecule has 0 aromatic heterocycles. The summed E-state index contributed by atoms with van der Waals surface area (Å²) in [4.78, 5) is 19.7. The summed E-state index contributed by atoms with van der Waals surface area (Å²) >= 11 is 0. The van der Waals surface area contributed by atoms with Gasteiger partial charge < -0.3 is 9.80 Å². The van der Waals surface area contributed by atoms with Crippen molar-refractivity contribution >= 4 is 11.6 Å². The maximum atomic E-state index is 13.2. The molecule has 37 heavy (non-hydrogen) atoms. The molecule has 3 aliphatic heterocycles. The topological polar surface area (TPSA) is 26.8 Å². The van der Waals surface area contributed by atoms with Crippen LogP contribution in [0.4, 0.5) is 4.79 Å². The number of allylic oxidation sites excluding steroid dienone is 2. The molecule has 3 heterocycles. The number of nitrogens with zero attached hydrogens (tertiary/aromatic N) is 3. The minimum Gasteiger partial charge on any atom is -0.374 e. The summed E-state index contributed by atoms with van der Waals surface area (Å²) in [6, 6.07) is 18.0. The summed E-state index contributed by atoms with van der Waals surface area (Å²) in [6.07, 6.45) is 11.5. The normalized spacial score (nSPS) is 21.1. The zero-order chi connectivity index (χ0) is 25.8. The number of carbonyl (C=O) groups excluding carboxylic acids is 1. The Bertz CT molecular complexity index is 1130. The highest BCUT2D eigenvalue weighted by Gasteiger charge is 2.31. The van der Waals surface area contributed by atoms with Crippen LogP contribution < -0.4 is 0 Å². The van der Waals surface area contributed by atoms with Crippen molar-refractivity contribution in [1.29, 1.82) is 0 Å². The molecular formula is C33H43N3O. The second-order valence-corrected chi connectivity index (χ2v) is 11.3. The Morgan fingerprint density at radius 1 is 0.973 bits per heavy atom. The van der Waals surface area contributed by atoms with Crippen molar-refractivity contribution < 1.29 is 4.79 Å². The number of likely N-dealkylation sites (tertiary alicyclic amines) is 2. The van der Waals surface area contributed by atoms with Gasteiger partial charge in [-0.3, -0.25) is 4.90 Å². The van der Waals surface area contributed by atoms with Crippen LogP contribution in [-0.2, 0) is 0 Å². The van der Waals surface area contributed by atoms with Gasteiger partial charge in [0.2, 0.25) is 0 Å². The number of hydrogen-bond donors (Lipinski definition) is 0. The number of hydrogen-bond acceptors (Lipinski definition) is 2. The molecule has 0 aliphatic carbocycles. The van der Waals surface area contributed by atoms with Crippen molar-refractivity contribution in [2.45, 2.75) is 59.3 Å². The molecule has 0 bridgehead atoms. The van der Waals surface area contributed by atoms with Crippen LogP contribution in [0.5, 0.6) is 0 Å². The minimum atomic E-state index is 0.215. The lowest BCUT2D eigenvalue weighted by Crippen LogP contribution is -2.38. The summed E-state index contributed by atoms with van der Waals surface area (Å²) in [5.41, 5.74) is 7.94. The highest BCUT2D eigenvalue weighted by atomic mass is 16.2. The van der Waals surface area contributed by atoms with Gasteiger partial charge in [0, 0.05) is 51.0 Å². The lowest BCUT2D eigenvalue weighted by molar-refractivity contribution is 0.180. The van der Waals surface area contributed by atoms with Gasteiger partial charge in [-0.1, -0.05) is 67.1 Å². The fraction of sp³-hybridized carbons (Fsp3) is 0.485. The molecule has 3 aliphatic rings. The molecule has 0 N–H and O–H groups in total. The van der Waals surface area contributed by atoms with Crippen LogP contribution in [0.1, 0.15) is 63.5 Å². The Balaban J connectivity index is 1.12. The van der Waals surface area contributed by atoms with Gasteiger partial charge >= 0.3 is 6.03 Å². The number of urea groups is 1. The molecule has 4 heteroatoms. The maximum Gasteiger partial charge on any atom is 0.324 e. The van der Waals surface area contributed by atoms with Gasteiger partial charge in [0.1, 0.15) is 0 Å². The van der Waals surface area contributed by atoms with E-state index >= 15 is 0 Å². The average molecular weight is 498 g/mol. The first-order chi connectivity index (χ1) is 18.0. The van der Waals surface area contributed by atoms with Crippen LogP contribution >= 0.6 is 0 Å². The van der Waals surface area contributed by atoms with Gasteiger partial charge in [-0.25, -0.2) is 4.79 Å². The fourth-order valence-electron chi connectivity index (χ4n) is 6.34. The van der Waals surface area contributed by atoms with Crippen LogP contribution in [0.2, 0.25) is 0 Å². The summed E-state index contributed by atoms with van der Waals surface area (Å²) in [5, 5.41) is 0. The lowest BCUT2D eigenvalue weighted by Gasteiger charge is -2.23. The quantitative estimate of drug-likeness (QED) is 0.394. The SMILES string of the molecule is C/C=C(/c1ccc(-c2ccc(C)cc2)cc1)C(C)CC[C@H]1CCN(C(=O)N2C=C(N3CCCC3)CC2)C1. The third-order valence-corrected chi connectivity index (χ3v) is 8.68. The molecule has 2 saturated heterocycles. The lowest BCUT2D eigenvalue weighted by atomic mass is 9.87. The van der Waals surface area contributed by atoms with Crippen molar-refractivity contribution in [3.8, 4) is 11.1 Å². The second kappa shape index (κ2) is 11.6. The standard InChI is InChI=1S/C33H43N3O/c1-4-32(30-15-13-29(14-16-30)28-11-7-25(2)8-12-28)26(3)9-10-27-17-21-35(23-27)33(37)36-22-18-31(24-36)34-19-5-6-20-34/h4,7-8,11-16,24,26-27H,5-6,9-10,17-23H2,1-3H3/b32-4+/t26?,27-/m0/s1. The predicted octanol–water partition coefficient (Wildman–Crippen LogP) is 7.57. The summed E-state index contributed by atoms with van der Waals surface area (Å²) in [7, 11) is 0. The average Bonchev–Trinajstić information content (AvgIpc) is 3.70. The molecule has 2 amide bonds. The van der Waals surface area contributed by atoms with Crippen molar-refractivity contribution in [2.24, 2.45) is 11.8 Å². The molecule has 2 fully saturated rings. The van der Waals surface area contributed by atoms with E-state index in [1.165, 1.54) is 52.8 Å². The van der Waals surface area contributed by atoms with Crippen LogP contribution in [-0.4, -0.2) is 53.5 Å². The Hall–Kier alpha value is -3.01. The van der Waals surface area contributed by atoms with Crippen LogP contribution in [0.25, 0.3) is 16.7 Å². The maximum absolute atomic E-state index is 13.2. The van der Waals surface area contributed by atoms with Gasteiger partial charge in [0.15, 0.2) is 0 Å². The molecule has 2 aromatic rings. The summed E-state index contributed by atoms with van der Waals surface area (Å²) in [6.45, 7) is 11.6. The predicted molar refractivity (Wildman–Crippen MR) is 154 cm³/mol. The van der Waals surface area contributed by atoms with E-state index < -0.39 is 0 Å². The van der Waals surface area contributed by atoms with E-state index in [0.29, 0.717) is 11.8 Å². The molecule has 2 aromatic carbocycles. The molecule has 2 atom stereocenters. The molecule has 1 unspecified atom stereocenters. The molecule has 0 radical (unpaired) electrons. The third kappa shape index (κ3) is 5.95. The summed E-state index contributed by atoms with van der Waals surface area (Å²) < 4.78 is 0. The molecule has 196 valence electrons. The van der Waals surface area contributed by atoms with Crippen LogP contribution in [0.15, 0.2) is 66.5 Å². The molecule has 0 saturated carbocycles. The van der Waals surface area contributed by atoms with Gasteiger partial charge in [-0.05, 0) is 80.1 Å². The highest BCUT2D eigenvalue weighted by Crippen LogP contribution is 2.32. The zero-order valence-electron chi connectivity index (χ0n) is 23.0. The third-order valence-electron chi connectivity index (χ3n) is 8.68. The number of benzene rings is 2. The first-order valence-corrected chi connectivity index (χ1v) is 14.4. The van der Waals surface area contributed by atoms with E-state index in [0.717, 1.165) is 52.0 Å². The zero-order valence-corrected chi connectivity index (χ0v) is 23.0. The number of aryl methyl sites for hydroxylation is 1. The Labute approximate surface area is 223 Å². The van der Waals surface area contributed by atoms with E-state index in [1.807, 2.05) is 4.90 Å². The summed E-state index contributed by atoms with van der Waals surface area (Å²) in [5.74, 6) is 1.11. The van der Waals surface area contributed by atoms with E-state index in [4.69, 9.17) is 0 Å². The van der Waals surface area contributed by atoms with Crippen molar-refractivity contribution in [3.05, 3.63) is 77.6 Å².